The SMILES string of the molecule is CCCC/C=C\CCCCCCCC(=O)OC(COCCCCCCCC/C=C\C/C=C\CCCCC)COC(=O)CCCCCCCCCCCCCCCCCCC. The van der Waals surface area contributed by atoms with Crippen molar-refractivity contribution in [3.8, 4) is 0 Å². The van der Waals surface area contributed by atoms with Crippen LogP contribution in [0.3, 0.4) is 0 Å². The Kier molecular flexibility index (Phi) is 49.9. The molecule has 1 unspecified atom stereocenters. The van der Waals surface area contributed by atoms with Gasteiger partial charge in [0.15, 0.2) is 6.10 Å². The van der Waals surface area contributed by atoms with E-state index >= 15 is 0 Å². The fourth-order valence-electron chi connectivity index (χ4n) is 7.64. The van der Waals surface area contributed by atoms with E-state index in [9.17, 15) is 9.59 Å². The van der Waals surface area contributed by atoms with E-state index < -0.39 is 6.10 Å². The zero-order valence-electron chi connectivity index (χ0n) is 40.5. The van der Waals surface area contributed by atoms with Crippen molar-refractivity contribution in [2.75, 3.05) is 19.8 Å². The molecule has 352 valence electrons. The Balaban J connectivity index is 4.21. The predicted octanol–water partition coefficient (Wildman–Crippen LogP) is 17.8. The minimum atomic E-state index is -0.541. The van der Waals surface area contributed by atoms with Crippen molar-refractivity contribution in [3.63, 3.8) is 0 Å². The van der Waals surface area contributed by atoms with Crippen LogP contribution in [0.1, 0.15) is 278 Å². The number of hydrogen-bond donors (Lipinski definition) is 0. The molecule has 0 amide bonds. The minimum absolute atomic E-state index is 0.0823. The van der Waals surface area contributed by atoms with E-state index in [2.05, 4.69) is 57.2 Å². The Bertz CT molecular complexity index is 955. The average molecular weight is 843 g/mol. The summed E-state index contributed by atoms with van der Waals surface area (Å²) in [4.78, 5) is 25.4. The number of ether oxygens (including phenoxy) is 3. The van der Waals surface area contributed by atoms with Gasteiger partial charge >= 0.3 is 11.9 Å². The second-order valence-corrected chi connectivity index (χ2v) is 17.8. The molecule has 0 spiro atoms. The van der Waals surface area contributed by atoms with Crippen molar-refractivity contribution in [2.45, 2.75) is 284 Å². The van der Waals surface area contributed by atoms with Gasteiger partial charge in [0.2, 0.25) is 0 Å². The van der Waals surface area contributed by atoms with Gasteiger partial charge in [-0.05, 0) is 70.6 Å². The Morgan fingerprint density at radius 3 is 1.20 bits per heavy atom. The molecule has 0 aromatic heterocycles. The second-order valence-electron chi connectivity index (χ2n) is 17.8. The number of allylic oxidation sites excluding steroid dienone is 6. The molecular formula is C55H102O5. The molecule has 5 nitrogen and oxygen atoms in total. The van der Waals surface area contributed by atoms with Gasteiger partial charge in [-0.15, -0.1) is 0 Å². The van der Waals surface area contributed by atoms with E-state index in [-0.39, 0.29) is 25.2 Å². The molecule has 1 atom stereocenters. The molecule has 0 aliphatic heterocycles. The van der Waals surface area contributed by atoms with Gasteiger partial charge in [0.25, 0.3) is 0 Å². The first-order valence-electron chi connectivity index (χ1n) is 26.5. The van der Waals surface area contributed by atoms with E-state index in [4.69, 9.17) is 14.2 Å². The molecule has 60 heavy (non-hydrogen) atoms. The maximum Gasteiger partial charge on any atom is 0.306 e. The average Bonchev–Trinajstić information content (AvgIpc) is 3.25. The first kappa shape index (κ1) is 58.1. The van der Waals surface area contributed by atoms with Crippen LogP contribution in [-0.4, -0.2) is 37.9 Å². The number of rotatable bonds is 49. The Hall–Kier alpha value is -1.88. The minimum Gasteiger partial charge on any atom is -0.462 e. The molecule has 0 saturated carbocycles. The third kappa shape index (κ3) is 48.8. The van der Waals surface area contributed by atoms with Gasteiger partial charge in [-0.1, -0.05) is 231 Å². The predicted molar refractivity (Wildman–Crippen MR) is 261 cm³/mol. The highest BCUT2D eigenvalue weighted by Gasteiger charge is 2.17. The van der Waals surface area contributed by atoms with Gasteiger partial charge < -0.3 is 14.2 Å². The first-order valence-corrected chi connectivity index (χ1v) is 26.5. The summed E-state index contributed by atoms with van der Waals surface area (Å²) in [6, 6.07) is 0. The lowest BCUT2D eigenvalue weighted by atomic mass is 10.0. The molecule has 0 radical (unpaired) electrons. The third-order valence-corrected chi connectivity index (χ3v) is 11.6. The van der Waals surface area contributed by atoms with E-state index in [1.54, 1.807) is 0 Å². The number of hydrogen-bond acceptors (Lipinski definition) is 5. The van der Waals surface area contributed by atoms with E-state index in [1.807, 2.05) is 0 Å². The summed E-state index contributed by atoms with van der Waals surface area (Å²) in [5.41, 5.74) is 0. The number of unbranched alkanes of at least 4 members (excludes halogenated alkanes) is 32. The van der Waals surface area contributed by atoms with Crippen LogP contribution < -0.4 is 0 Å². The molecule has 0 N–H and O–H groups in total. The van der Waals surface area contributed by atoms with Gasteiger partial charge in [0.05, 0.1) is 6.61 Å². The van der Waals surface area contributed by atoms with Crippen molar-refractivity contribution < 1.29 is 23.8 Å². The second kappa shape index (κ2) is 51.5. The fraction of sp³-hybridized carbons (Fsp3) is 0.855. The summed E-state index contributed by atoms with van der Waals surface area (Å²) in [5.74, 6) is -0.400. The third-order valence-electron chi connectivity index (χ3n) is 11.6. The Morgan fingerprint density at radius 2 is 0.717 bits per heavy atom. The maximum atomic E-state index is 12.8. The van der Waals surface area contributed by atoms with E-state index in [1.165, 1.54) is 186 Å². The van der Waals surface area contributed by atoms with Gasteiger partial charge in [-0.2, -0.15) is 0 Å². The van der Waals surface area contributed by atoms with Crippen LogP contribution in [0.5, 0.6) is 0 Å². The highest BCUT2D eigenvalue weighted by atomic mass is 16.6. The van der Waals surface area contributed by atoms with Gasteiger partial charge in [0, 0.05) is 19.4 Å². The Morgan fingerprint density at radius 1 is 0.367 bits per heavy atom. The van der Waals surface area contributed by atoms with Crippen LogP contribution in [0.15, 0.2) is 36.5 Å². The topological polar surface area (TPSA) is 61.8 Å². The van der Waals surface area contributed by atoms with Crippen LogP contribution in [0, 0.1) is 0 Å². The zero-order valence-corrected chi connectivity index (χ0v) is 40.5. The summed E-state index contributed by atoms with van der Waals surface area (Å²) >= 11 is 0. The monoisotopic (exact) mass is 843 g/mol. The molecule has 0 saturated heterocycles. The quantitative estimate of drug-likeness (QED) is 0.0347. The highest BCUT2D eigenvalue weighted by Crippen LogP contribution is 2.16. The molecule has 0 aliphatic carbocycles. The largest absolute Gasteiger partial charge is 0.462 e. The number of esters is 2. The summed E-state index contributed by atoms with van der Waals surface area (Å²) in [6.07, 6.45) is 61.5. The van der Waals surface area contributed by atoms with Crippen LogP contribution in [0.2, 0.25) is 0 Å². The summed E-state index contributed by atoms with van der Waals surface area (Å²) in [5, 5.41) is 0. The van der Waals surface area contributed by atoms with Crippen LogP contribution in [0.25, 0.3) is 0 Å². The molecule has 0 fully saturated rings. The molecule has 0 heterocycles. The normalized spacial score (nSPS) is 12.4. The van der Waals surface area contributed by atoms with Crippen molar-refractivity contribution in [2.24, 2.45) is 0 Å². The lowest BCUT2D eigenvalue weighted by Crippen LogP contribution is -2.30. The molecular weight excluding hydrogens is 741 g/mol. The molecule has 0 aromatic carbocycles. The number of carbonyl (C=O) groups is 2. The number of carbonyl (C=O) groups excluding carboxylic acids is 2. The standard InChI is InChI=1S/C55H102O5/c1-4-7-10-13-16-19-22-24-26-28-29-31-34-36-39-42-45-48-54(56)59-52-53(60-55(57)49-46-43-40-37-33-21-18-15-12-9-6-3)51-58-50-47-44-41-38-35-32-30-27-25-23-20-17-14-11-8-5-2/h15,17-18,20,25,27,53H,4-14,16,19,21-24,26,28-52H2,1-3H3/b18-15-,20-17-,27-25-. The zero-order chi connectivity index (χ0) is 43.5. The van der Waals surface area contributed by atoms with Gasteiger partial charge in [0.1, 0.15) is 6.61 Å². The molecule has 0 bridgehead atoms. The van der Waals surface area contributed by atoms with Crippen LogP contribution >= 0.6 is 0 Å². The van der Waals surface area contributed by atoms with Crippen molar-refractivity contribution in [1.82, 2.24) is 0 Å². The molecule has 5 heteroatoms. The van der Waals surface area contributed by atoms with E-state index in [0.717, 1.165) is 57.8 Å². The smallest absolute Gasteiger partial charge is 0.306 e. The summed E-state index contributed by atoms with van der Waals surface area (Å²) in [7, 11) is 0. The van der Waals surface area contributed by atoms with Crippen molar-refractivity contribution in [1.29, 1.82) is 0 Å². The lowest BCUT2D eigenvalue weighted by Gasteiger charge is -2.18. The maximum absolute atomic E-state index is 12.8. The van der Waals surface area contributed by atoms with Crippen molar-refractivity contribution >= 4 is 11.9 Å². The van der Waals surface area contributed by atoms with Gasteiger partial charge in [-0.3, -0.25) is 9.59 Å². The van der Waals surface area contributed by atoms with Gasteiger partial charge in [-0.25, -0.2) is 0 Å². The molecule has 0 aliphatic rings. The van der Waals surface area contributed by atoms with E-state index in [0.29, 0.717) is 19.4 Å². The Labute approximate surface area is 374 Å². The molecule has 0 aromatic rings. The van der Waals surface area contributed by atoms with Crippen molar-refractivity contribution in [3.05, 3.63) is 36.5 Å². The highest BCUT2D eigenvalue weighted by molar-refractivity contribution is 5.70. The van der Waals surface area contributed by atoms with Crippen LogP contribution in [-0.2, 0) is 23.8 Å². The van der Waals surface area contributed by atoms with Crippen LogP contribution in [0.4, 0.5) is 0 Å². The lowest BCUT2D eigenvalue weighted by molar-refractivity contribution is -0.163. The first-order chi connectivity index (χ1) is 29.6. The fourth-order valence-corrected chi connectivity index (χ4v) is 7.64. The molecule has 0 rings (SSSR count). The summed E-state index contributed by atoms with van der Waals surface area (Å²) in [6.45, 7) is 7.78. The summed E-state index contributed by atoms with van der Waals surface area (Å²) < 4.78 is 17.4.